The van der Waals surface area contributed by atoms with Crippen molar-refractivity contribution in [3.8, 4) is 5.75 Å². The van der Waals surface area contributed by atoms with Gasteiger partial charge in [0, 0.05) is 30.8 Å². The number of halogens is 1. The minimum atomic E-state index is -0.862. The lowest BCUT2D eigenvalue weighted by atomic mass is 9.88. The molecule has 1 aliphatic carbocycles. The third kappa shape index (κ3) is 5.35. The van der Waals surface area contributed by atoms with Gasteiger partial charge in [0.15, 0.2) is 0 Å². The van der Waals surface area contributed by atoms with E-state index in [1.54, 1.807) is 38.4 Å². The van der Waals surface area contributed by atoms with Gasteiger partial charge in [-0.2, -0.15) is 0 Å². The molecule has 190 valence electrons. The van der Waals surface area contributed by atoms with Gasteiger partial charge in [-0.3, -0.25) is 9.59 Å². The first-order chi connectivity index (χ1) is 17.9. The number of likely N-dealkylation sites (N-methyl/N-ethyl adjacent to an activating group) is 1. The first-order valence-corrected chi connectivity index (χ1v) is 12.4. The van der Waals surface area contributed by atoms with E-state index in [0.29, 0.717) is 23.4 Å². The summed E-state index contributed by atoms with van der Waals surface area (Å²) in [5.41, 5.74) is 4.01. The van der Waals surface area contributed by atoms with Gasteiger partial charge in [0.05, 0.1) is 19.6 Å². The number of anilines is 1. The maximum Gasteiger partial charge on any atom is 0.249 e. The van der Waals surface area contributed by atoms with E-state index < -0.39 is 6.04 Å². The molecule has 0 spiro atoms. The first kappa shape index (κ1) is 24.6. The fraction of sp³-hybridized carbons (Fsp3) is 0.267. The van der Waals surface area contributed by atoms with Crippen LogP contribution in [0.2, 0.25) is 0 Å². The molecule has 0 saturated carbocycles. The Labute approximate surface area is 216 Å². The highest BCUT2D eigenvalue weighted by Gasteiger charge is 2.33. The number of carbonyl (C=O) groups excluding carboxylic acids is 2. The molecule has 3 aliphatic rings. The lowest BCUT2D eigenvalue weighted by Gasteiger charge is -2.26. The topological polar surface area (TPSA) is 70.7 Å². The summed E-state index contributed by atoms with van der Waals surface area (Å²) in [4.78, 5) is 28.5. The van der Waals surface area contributed by atoms with Crippen molar-refractivity contribution in [1.82, 2.24) is 10.6 Å². The van der Waals surface area contributed by atoms with E-state index in [1.165, 1.54) is 17.0 Å². The molecule has 2 aromatic carbocycles. The predicted molar refractivity (Wildman–Crippen MR) is 142 cm³/mol. The molecule has 37 heavy (non-hydrogen) atoms. The number of allylic oxidation sites excluding steroid dienone is 4. The van der Waals surface area contributed by atoms with Gasteiger partial charge in [-0.15, -0.1) is 0 Å². The molecule has 2 amide bonds. The summed E-state index contributed by atoms with van der Waals surface area (Å²) in [6.45, 7) is 0. The summed E-state index contributed by atoms with van der Waals surface area (Å²) in [5.74, 6) is -0.148. The van der Waals surface area contributed by atoms with Crippen LogP contribution in [0.3, 0.4) is 0 Å². The molecule has 6 nitrogen and oxygen atoms in total. The maximum atomic E-state index is 14.5. The van der Waals surface area contributed by atoms with E-state index >= 15 is 0 Å². The number of rotatable bonds is 3. The molecule has 0 radical (unpaired) electrons. The number of carbonyl (C=O) groups is 2. The number of hydrogen-bond acceptors (Lipinski definition) is 4. The van der Waals surface area contributed by atoms with Crippen molar-refractivity contribution >= 4 is 17.5 Å². The second-order valence-electron chi connectivity index (χ2n) is 9.58. The third-order valence-corrected chi connectivity index (χ3v) is 7.08. The molecule has 7 heteroatoms. The molecule has 0 aromatic heterocycles. The Morgan fingerprint density at radius 2 is 1.81 bits per heavy atom. The predicted octanol–water partition coefficient (Wildman–Crippen LogP) is 4.00. The smallest absolute Gasteiger partial charge is 0.249 e. The number of methoxy groups -OCH3 is 1. The SMILES string of the molecule is COc1ccc(N(C)C(=O)[C@@H]2Cc3cc(F)cc(c3)C/C=C/C3=C(CC(=O)N2)C2C=CC=CC2N3)cc1. The highest BCUT2D eigenvalue weighted by molar-refractivity contribution is 5.99. The fourth-order valence-electron chi connectivity index (χ4n) is 5.18. The molecule has 2 aromatic rings. The van der Waals surface area contributed by atoms with Gasteiger partial charge in [0.1, 0.15) is 17.6 Å². The van der Waals surface area contributed by atoms with Gasteiger partial charge in [-0.25, -0.2) is 4.39 Å². The number of hydrogen-bond donors (Lipinski definition) is 2. The summed E-state index contributed by atoms with van der Waals surface area (Å²) in [7, 11) is 3.25. The summed E-state index contributed by atoms with van der Waals surface area (Å²) < 4.78 is 19.7. The second kappa shape index (κ2) is 10.5. The number of fused-ring (bicyclic) bond motifs is 4. The van der Waals surface area contributed by atoms with Gasteiger partial charge in [0.25, 0.3) is 0 Å². The Morgan fingerprint density at radius 1 is 1.05 bits per heavy atom. The van der Waals surface area contributed by atoms with Gasteiger partial charge in [-0.05, 0) is 65.6 Å². The monoisotopic (exact) mass is 499 g/mol. The minimum absolute atomic E-state index is 0.0649. The van der Waals surface area contributed by atoms with Crippen LogP contribution in [0.1, 0.15) is 17.5 Å². The van der Waals surface area contributed by atoms with Gasteiger partial charge in [-0.1, -0.05) is 36.4 Å². The lowest BCUT2D eigenvalue weighted by molar-refractivity contribution is -0.127. The molecular formula is C30H30FN3O3. The van der Waals surface area contributed by atoms with Crippen LogP contribution in [0.4, 0.5) is 10.1 Å². The van der Waals surface area contributed by atoms with Crippen molar-refractivity contribution in [2.24, 2.45) is 5.92 Å². The van der Waals surface area contributed by atoms with E-state index in [9.17, 15) is 14.0 Å². The Morgan fingerprint density at radius 3 is 2.59 bits per heavy atom. The number of nitrogens with one attached hydrogen (secondary N) is 2. The molecule has 2 bridgehead atoms. The molecule has 3 atom stereocenters. The van der Waals surface area contributed by atoms with Crippen molar-refractivity contribution in [1.29, 1.82) is 0 Å². The van der Waals surface area contributed by atoms with Crippen LogP contribution < -0.4 is 20.3 Å². The highest BCUT2D eigenvalue weighted by Crippen LogP contribution is 2.33. The van der Waals surface area contributed by atoms with Gasteiger partial charge >= 0.3 is 0 Å². The van der Waals surface area contributed by atoms with Crippen molar-refractivity contribution in [3.63, 3.8) is 0 Å². The normalized spacial score (nSPS) is 23.4. The van der Waals surface area contributed by atoms with Crippen LogP contribution in [-0.2, 0) is 22.4 Å². The van der Waals surface area contributed by atoms with E-state index in [-0.39, 0.29) is 42.4 Å². The van der Waals surface area contributed by atoms with E-state index in [0.717, 1.165) is 16.8 Å². The lowest BCUT2D eigenvalue weighted by Crippen LogP contribution is -2.49. The number of amides is 2. The zero-order valence-electron chi connectivity index (χ0n) is 20.9. The fourth-order valence-corrected chi connectivity index (χ4v) is 5.18. The molecule has 2 heterocycles. The number of benzene rings is 2. The van der Waals surface area contributed by atoms with Crippen molar-refractivity contribution < 1.29 is 18.7 Å². The first-order valence-electron chi connectivity index (χ1n) is 12.4. The summed E-state index contributed by atoms with van der Waals surface area (Å²) >= 11 is 0. The largest absolute Gasteiger partial charge is 0.497 e. The highest BCUT2D eigenvalue weighted by atomic mass is 19.1. The molecule has 0 fully saturated rings. The Bertz CT molecular complexity index is 1330. The van der Waals surface area contributed by atoms with Crippen LogP contribution in [0, 0.1) is 11.7 Å². The van der Waals surface area contributed by atoms with Crippen molar-refractivity contribution in [3.05, 3.63) is 107 Å². The molecule has 5 rings (SSSR count). The van der Waals surface area contributed by atoms with E-state index in [2.05, 4.69) is 22.8 Å². The van der Waals surface area contributed by atoms with Crippen LogP contribution in [0.15, 0.2) is 90.2 Å². The van der Waals surface area contributed by atoms with Crippen LogP contribution in [-0.4, -0.2) is 38.1 Å². The van der Waals surface area contributed by atoms with Crippen LogP contribution >= 0.6 is 0 Å². The summed E-state index contributed by atoms with van der Waals surface area (Å²) in [5, 5.41) is 6.46. The molecule has 0 saturated heterocycles. The van der Waals surface area contributed by atoms with E-state index in [4.69, 9.17) is 4.74 Å². The number of nitrogens with zero attached hydrogens (tertiary/aromatic N) is 1. The van der Waals surface area contributed by atoms with Gasteiger partial charge < -0.3 is 20.3 Å². The van der Waals surface area contributed by atoms with Gasteiger partial charge in [0.2, 0.25) is 11.8 Å². The second-order valence-corrected chi connectivity index (χ2v) is 9.58. The van der Waals surface area contributed by atoms with Crippen LogP contribution in [0.25, 0.3) is 0 Å². The molecule has 2 unspecified atom stereocenters. The van der Waals surface area contributed by atoms with E-state index in [1.807, 2.05) is 30.4 Å². The number of ether oxygens (including phenoxy) is 1. The third-order valence-electron chi connectivity index (χ3n) is 7.08. The van der Waals surface area contributed by atoms with Crippen LogP contribution in [0.5, 0.6) is 5.75 Å². The van der Waals surface area contributed by atoms with Crippen molar-refractivity contribution in [2.75, 3.05) is 19.1 Å². The summed E-state index contributed by atoms with van der Waals surface area (Å²) in [6.07, 6.45) is 13.0. The average molecular weight is 500 g/mol. The molecular weight excluding hydrogens is 469 g/mol. The summed E-state index contributed by atoms with van der Waals surface area (Å²) in [6, 6.07) is 11.2. The van der Waals surface area contributed by atoms with Crippen molar-refractivity contribution in [2.45, 2.75) is 31.3 Å². The quantitative estimate of drug-likeness (QED) is 0.670. The average Bonchev–Trinajstić information content (AvgIpc) is 3.24. The maximum absolute atomic E-state index is 14.5. The zero-order chi connectivity index (χ0) is 25.9. The zero-order valence-corrected chi connectivity index (χ0v) is 20.9. The molecule has 2 N–H and O–H groups in total. The Kier molecular flexibility index (Phi) is 6.95. The Balaban J connectivity index is 1.48. The standard InChI is InChI=1S/C30H30FN3O3/c1-34(22-10-12-23(37-2)13-11-22)30(36)28-17-20-14-19(15-21(31)16-20)6-5-9-27-25(18-29(35)33-28)24-7-3-4-8-26(24)32-27/h3-5,7-16,24,26,28,32H,6,17-18H2,1-2H3,(H,33,35)/b9-5+/t24?,26?,28-/m0/s1. The molecule has 2 aliphatic heterocycles. The Hall–Kier alpha value is -4.13. The minimum Gasteiger partial charge on any atom is -0.497 e.